The number of hydrogen-bond acceptors (Lipinski definition) is 3. The molecular weight excluding hydrogens is 250 g/mol. The van der Waals surface area contributed by atoms with Crippen LogP contribution in [0.15, 0.2) is 18.5 Å². The van der Waals surface area contributed by atoms with E-state index in [1.54, 1.807) is 18.5 Å². The van der Waals surface area contributed by atoms with Crippen LogP contribution in [0.5, 0.6) is 0 Å². The summed E-state index contributed by atoms with van der Waals surface area (Å²) in [4.78, 5) is 16.6. The van der Waals surface area contributed by atoms with Gasteiger partial charge < -0.3 is 10.6 Å². The van der Waals surface area contributed by atoms with E-state index in [9.17, 15) is 4.79 Å². The van der Waals surface area contributed by atoms with Gasteiger partial charge in [-0.15, -0.1) is 0 Å². The standard InChI is InChI=1S/C16H25N3O/c1-3-9-18-15-11-17-10-8-13(15)16(20)19-14-7-5-4-6-12(14)2/h8,10-12,14,18H,3-7,9H2,1-2H3,(H,19,20). The first-order chi connectivity index (χ1) is 9.72. The Morgan fingerprint density at radius 2 is 2.20 bits per heavy atom. The van der Waals surface area contributed by atoms with Crippen molar-refractivity contribution in [2.45, 2.75) is 52.0 Å². The fraction of sp³-hybridized carbons (Fsp3) is 0.625. The molecule has 1 heterocycles. The maximum absolute atomic E-state index is 12.5. The van der Waals surface area contributed by atoms with Crippen molar-refractivity contribution < 1.29 is 4.79 Å². The highest BCUT2D eigenvalue weighted by molar-refractivity contribution is 5.99. The summed E-state index contributed by atoms with van der Waals surface area (Å²) in [6.07, 6.45) is 9.23. The van der Waals surface area contributed by atoms with Crippen LogP contribution in [0, 0.1) is 5.92 Å². The largest absolute Gasteiger partial charge is 0.383 e. The van der Waals surface area contributed by atoms with Crippen LogP contribution in [0.1, 0.15) is 56.3 Å². The van der Waals surface area contributed by atoms with Crippen LogP contribution < -0.4 is 10.6 Å². The number of carbonyl (C=O) groups is 1. The molecular formula is C16H25N3O. The number of hydrogen-bond donors (Lipinski definition) is 2. The van der Waals surface area contributed by atoms with Crippen LogP contribution >= 0.6 is 0 Å². The molecule has 0 bridgehead atoms. The lowest BCUT2D eigenvalue weighted by Crippen LogP contribution is -2.41. The lowest BCUT2D eigenvalue weighted by Gasteiger charge is -2.29. The Bertz CT molecular complexity index is 447. The third kappa shape index (κ3) is 3.71. The maximum Gasteiger partial charge on any atom is 0.253 e. The van der Waals surface area contributed by atoms with Crippen molar-refractivity contribution in [2.75, 3.05) is 11.9 Å². The van der Waals surface area contributed by atoms with Gasteiger partial charge in [-0.05, 0) is 31.2 Å². The van der Waals surface area contributed by atoms with E-state index in [0.717, 1.165) is 25.1 Å². The molecule has 2 rings (SSSR count). The van der Waals surface area contributed by atoms with E-state index in [0.29, 0.717) is 17.5 Å². The Balaban J connectivity index is 2.04. The molecule has 1 aromatic heterocycles. The molecule has 0 radical (unpaired) electrons. The Morgan fingerprint density at radius 1 is 1.40 bits per heavy atom. The summed E-state index contributed by atoms with van der Waals surface area (Å²) >= 11 is 0. The highest BCUT2D eigenvalue weighted by Crippen LogP contribution is 2.24. The van der Waals surface area contributed by atoms with Gasteiger partial charge in [0.15, 0.2) is 0 Å². The van der Waals surface area contributed by atoms with Crippen LogP contribution in [0.4, 0.5) is 5.69 Å². The average molecular weight is 275 g/mol. The van der Waals surface area contributed by atoms with Crippen LogP contribution in [0.25, 0.3) is 0 Å². The van der Waals surface area contributed by atoms with Crippen molar-refractivity contribution in [1.29, 1.82) is 0 Å². The summed E-state index contributed by atoms with van der Waals surface area (Å²) in [6, 6.07) is 2.10. The lowest BCUT2D eigenvalue weighted by molar-refractivity contribution is 0.0911. The van der Waals surface area contributed by atoms with E-state index in [1.807, 2.05) is 0 Å². The van der Waals surface area contributed by atoms with Crippen molar-refractivity contribution >= 4 is 11.6 Å². The Hall–Kier alpha value is -1.58. The number of amides is 1. The molecule has 1 aliphatic rings. The minimum Gasteiger partial charge on any atom is -0.383 e. The van der Waals surface area contributed by atoms with Gasteiger partial charge in [-0.2, -0.15) is 0 Å². The number of pyridine rings is 1. The van der Waals surface area contributed by atoms with E-state index in [2.05, 4.69) is 29.5 Å². The molecule has 0 spiro atoms. The molecule has 1 aliphatic carbocycles. The Labute approximate surface area is 121 Å². The molecule has 0 aromatic carbocycles. The van der Waals surface area contributed by atoms with Crippen molar-refractivity contribution in [2.24, 2.45) is 5.92 Å². The first kappa shape index (κ1) is 14.8. The van der Waals surface area contributed by atoms with Gasteiger partial charge in [-0.25, -0.2) is 0 Å². The minimum absolute atomic E-state index is 0.0183. The highest BCUT2D eigenvalue weighted by atomic mass is 16.1. The van der Waals surface area contributed by atoms with Gasteiger partial charge in [0.05, 0.1) is 17.4 Å². The number of anilines is 1. The van der Waals surface area contributed by atoms with Gasteiger partial charge >= 0.3 is 0 Å². The van der Waals surface area contributed by atoms with Crippen LogP contribution in [0.2, 0.25) is 0 Å². The second-order valence-electron chi connectivity index (χ2n) is 5.69. The van der Waals surface area contributed by atoms with Gasteiger partial charge in [0.25, 0.3) is 5.91 Å². The summed E-state index contributed by atoms with van der Waals surface area (Å²) in [7, 11) is 0. The molecule has 1 aromatic rings. The van der Waals surface area contributed by atoms with Crippen molar-refractivity contribution in [3.63, 3.8) is 0 Å². The topological polar surface area (TPSA) is 54.0 Å². The molecule has 0 saturated heterocycles. The number of nitrogens with zero attached hydrogens (tertiary/aromatic N) is 1. The zero-order chi connectivity index (χ0) is 14.4. The third-order valence-corrected chi connectivity index (χ3v) is 4.06. The average Bonchev–Trinajstić information content (AvgIpc) is 2.47. The van der Waals surface area contributed by atoms with Gasteiger partial charge in [0.2, 0.25) is 0 Å². The van der Waals surface area contributed by atoms with Gasteiger partial charge in [-0.1, -0.05) is 26.7 Å². The second kappa shape index (κ2) is 7.27. The predicted molar refractivity (Wildman–Crippen MR) is 81.9 cm³/mol. The monoisotopic (exact) mass is 275 g/mol. The SMILES string of the molecule is CCCNc1cnccc1C(=O)NC1CCCCC1C. The lowest BCUT2D eigenvalue weighted by atomic mass is 9.86. The van der Waals surface area contributed by atoms with Crippen molar-refractivity contribution in [3.05, 3.63) is 24.0 Å². The molecule has 4 nitrogen and oxygen atoms in total. The predicted octanol–water partition coefficient (Wildman–Crippen LogP) is 3.21. The Kier molecular flexibility index (Phi) is 5.39. The number of carbonyl (C=O) groups excluding carboxylic acids is 1. The van der Waals surface area contributed by atoms with E-state index < -0.39 is 0 Å². The van der Waals surface area contributed by atoms with Gasteiger partial charge in [0.1, 0.15) is 0 Å². The molecule has 2 atom stereocenters. The highest BCUT2D eigenvalue weighted by Gasteiger charge is 2.24. The molecule has 110 valence electrons. The van der Waals surface area contributed by atoms with E-state index in [-0.39, 0.29) is 5.91 Å². The van der Waals surface area contributed by atoms with Gasteiger partial charge in [0, 0.05) is 18.8 Å². The van der Waals surface area contributed by atoms with Crippen molar-refractivity contribution in [1.82, 2.24) is 10.3 Å². The Morgan fingerprint density at radius 3 is 2.95 bits per heavy atom. The number of rotatable bonds is 5. The smallest absolute Gasteiger partial charge is 0.253 e. The first-order valence-corrected chi connectivity index (χ1v) is 7.71. The molecule has 1 amide bonds. The normalized spacial score (nSPS) is 22.3. The van der Waals surface area contributed by atoms with Gasteiger partial charge in [-0.3, -0.25) is 9.78 Å². The quantitative estimate of drug-likeness (QED) is 0.867. The summed E-state index contributed by atoms with van der Waals surface area (Å²) < 4.78 is 0. The molecule has 1 fully saturated rings. The van der Waals surface area contributed by atoms with Crippen LogP contribution in [-0.4, -0.2) is 23.5 Å². The van der Waals surface area contributed by atoms with E-state index >= 15 is 0 Å². The third-order valence-electron chi connectivity index (χ3n) is 4.06. The fourth-order valence-electron chi connectivity index (χ4n) is 2.77. The molecule has 2 N–H and O–H groups in total. The zero-order valence-electron chi connectivity index (χ0n) is 12.5. The summed E-state index contributed by atoms with van der Waals surface area (Å²) in [5.41, 5.74) is 1.53. The zero-order valence-corrected chi connectivity index (χ0v) is 12.5. The molecule has 2 unspecified atom stereocenters. The molecule has 0 aliphatic heterocycles. The molecule has 4 heteroatoms. The number of aromatic nitrogens is 1. The first-order valence-electron chi connectivity index (χ1n) is 7.71. The second-order valence-corrected chi connectivity index (χ2v) is 5.69. The summed E-state index contributed by atoms with van der Waals surface area (Å²) in [5.74, 6) is 0.589. The summed E-state index contributed by atoms with van der Waals surface area (Å²) in [5, 5.41) is 6.46. The number of nitrogens with one attached hydrogen (secondary N) is 2. The minimum atomic E-state index is 0.0183. The van der Waals surface area contributed by atoms with Crippen LogP contribution in [-0.2, 0) is 0 Å². The fourth-order valence-corrected chi connectivity index (χ4v) is 2.77. The van der Waals surface area contributed by atoms with E-state index in [4.69, 9.17) is 0 Å². The molecule has 1 saturated carbocycles. The van der Waals surface area contributed by atoms with E-state index in [1.165, 1.54) is 19.3 Å². The van der Waals surface area contributed by atoms with Crippen molar-refractivity contribution in [3.8, 4) is 0 Å². The maximum atomic E-state index is 12.5. The summed E-state index contributed by atoms with van der Waals surface area (Å²) in [6.45, 7) is 5.19. The molecule has 20 heavy (non-hydrogen) atoms. The van der Waals surface area contributed by atoms with Crippen LogP contribution in [0.3, 0.4) is 0 Å².